The molecule has 0 aliphatic carbocycles. The molecular weight excluding hydrogens is 356 g/mol. The molecule has 0 saturated heterocycles. The number of amides is 1. The molecule has 0 radical (unpaired) electrons. The fourth-order valence-corrected chi connectivity index (χ4v) is 3.02. The molecule has 0 spiro atoms. The minimum atomic E-state index is -3.56. The van der Waals surface area contributed by atoms with Gasteiger partial charge in [-0.15, -0.1) is 0 Å². The largest absolute Gasteiger partial charge is 0.497 e. The average molecular weight is 378 g/mol. The van der Waals surface area contributed by atoms with Gasteiger partial charge in [0, 0.05) is 18.3 Å². The number of carbonyl (C=O) groups excluding carboxylic acids is 1. The Hall–Kier alpha value is -2.58. The van der Waals surface area contributed by atoms with Crippen LogP contribution in [0.2, 0.25) is 0 Å². The summed E-state index contributed by atoms with van der Waals surface area (Å²) in [6, 6.07) is 13.9. The van der Waals surface area contributed by atoms with Crippen molar-refractivity contribution in [3.05, 3.63) is 54.1 Å². The van der Waals surface area contributed by atoms with E-state index in [0.29, 0.717) is 17.2 Å². The summed E-state index contributed by atoms with van der Waals surface area (Å²) in [4.78, 5) is 12.3. The zero-order chi connectivity index (χ0) is 19.2. The molecule has 0 bridgehead atoms. The molecule has 0 saturated carbocycles. The van der Waals surface area contributed by atoms with Crippen LogP contribution in [-0.2, 0) is 21.4 Å². The van der Waals surface area contributed by atoms with E-state index in [2.05, 4.69) is 5.32 Å². The van der Waals surface area contributed by atoms with Crippen molar-refractivity contribution in [2.45, 2.75) is 6.54 Å². The summed E-state index contributed by atoms with van der Waals surface area (Å²) in [6.45, 7) is -0.198. The Labute approximate surface area is 153 Å². The van der Waals surface area contributed by atoms with Crippen molar-refractivity contribution < 1.29 is 22.7 Å². The van der Waals surface area contributed by atoms with Crippen LogP contribution in [0.5, 0.6) is 11.5 Å². The molecule has 8 heteroatoms. The number of hydrogen-bond acceptors (Lipinski definition) is 5. The summed E-state index contributed by atoms with van der Waals surface area (Å²) in [6.07, 6.45) is 1.08. The molecular formula is C18H22N2O5S. The van der Waals surface area contributed by atoms with Crippen molar-refractivity contribution in [1.82, 2.24) is 4.31 Å². The first-order valence-corrected chi connectivity index (χ1v) is 9.68. The highest BCUT2D eigenvalue weighted by molar-refractivity contribution is 7.88. The van der Waals surface area contributed by atoms with E-state index in [1.54, 1.807) is 55.6 Å². The zero-order valence-corrected chi connectivity index (χ0v) is 15.7. The van der Waals surface area contributed by atoms with E-state index in [1.807, 2.05) is 0 Å². The number of hydrogen-bond donors (Lipinski definition) is 1. The molecule has 2 aromatic carbocycles. The highest BCUT2D eigenvalue weighted by atomic mass is 32.2. The smallest absolute Gasteiger partial charge is 0.239 e. The van der Waals surface area contributed by atoms with Crippen LogP contribution in [0.25, 0.3) is 0 Å². The van der Waals surface area contributed by atoms with Gasteiger partial charge in [0.1, 0.15) is 11.5 Å². The molecule has 1 N–H and O–H groups in total. The lowest BCUT2D eigenvalue weighted by Gasteiger charge is -2.20. The molecule has 26 heavy (non-hydrogen) atoms. The highest BCUT2D eigenvalue weighted by Crippen LogP contribution is 2.17. The quantitative estimate of drug-likeness (QED) is 0.760. The Morgan fingerprint density at radius 3 is 2.27 bits per heavy atom. The third kappa shape index (κ3) is 5.75. The Balaban J connectivity index is 2.08. The Bertz CT molecular complexity index is 850. The number of methoxy groups -OCH3 is 2. The fraction of sp³-hybridized carbons (Fsp3) is 0.278. The summed E-state index contributed by atoms with van der Waals surface area (Å²) in [5, 5.41) is 2.68. The third-order valence-corrected chi connectivity index (χ3v) is 4.86. The zero-order valence-electron chi connectivity index (χ0n) is 14.9. The van der Waals surface area contributed by atoms with Crippen LogP contribution in [-0.4, -0.2) is 45.7 Å². The molecule has 0 unspecified atom stereocenters. The molecule has 0 atom stereocenters. The molecule has 1 amide bonds. The maximum Gasteiger partial charge on any atom is 0.239 e. The summed E-state index contributed by atoms with van der Waals surface area (Å²) in [7, 11) is -0.477. The predicted molar refractivity (Wildman–Crippen MR) is 99.9 cm³/mol. The molecule has 0 fully saturated rings. The van der Waals surface area contributed by atoms with Gasteiger partial charge in [0.15, 0.2) is 0 Å². The summed E-state index contributed by atoms with van der Waals surface area (Å²) in [5.41, 5.74) is 1.29. The second-order valence-electron chi connectivity index (χ2n) is 5.66. The van der Waals surface area contributed by atoms with E-state index in [4.69, 9.17) is 9.47 Å². The number of carbonyl (C=O) groups is 1. The summed E-state index contributed by atoms with van der Waals surface area (Å²) < 4.78 is 35.4. The molecule has 2 aromatic rings. The number of nitrogens with zero attached hydrogens (tertiary/aromatic N) is 1. The van der Waals surface area contributed by atoms with Crippen LogP contribution in [0.3, 0.4) is 0 Å². The van der Waals surface area contributed by atoms with Crippen LogP contribution >= 0.6 is 0 Å². The van der Waals surface area contributed by atoms with E-state index in [1.165, 1.54) is 7.11 Å². The maximum atomic E-state index is 12.3. The lowest BCUT2D eigenvalue weighted by Crippen LogP contribution is -2.36. The standard InChI is InChI=1S/C18H22N2O5S/c1-24-16-9-7-14(8-10-16)12-20(26(3,22)23)13-18(21)19-15-5-4-6-17(11-15)25-2/h4-11H,12-13H2,1-3H3,(H,19,21). The molecule has 0 aliphatic rings. The first-order chi connectivity index (χ1) is 12.3. The fourth-order valence-electron chi connectivity index (χ4n) is 2.29. The van der Waals surface area contributed by atoms with Crippen molar-refractivity contribution in [1.29, 1.82) is 0 Å². The molecule has 140 valence electrons. The molecule has 0 heterocycles. The predicted octanol–water partition coefficient (Wildman–Crippen LogP) is 2.10. The highest BCUT2D eigenvalue weighted by Gasteiger charge is 2.20. The van der Waals surface area contributed by atoms with E-state index in [9.17, 15) is 13.2 Å². The van der Waals surface area contributed by atoms with Gasteiger partial charge in [-0.3, -0.25) is 4.79 Å². The van der Waals surface area contributed by atoms with E-state index < -0.39 is 15.9 Å². The average Bonchev–Trinajstić information content (AvgIpc) is 2.61. The number of anilines is 1. The molecule has 0 aromatic heterocycles. The Kier molecular flexibility index (Phi) is 6.59. The third-order valence-electron chi connectivity index (χ3n) is 3.66. The van der Waals surface area contributed by atoms with Gasteiger partial charge < -0.3 is 14.8 Å². The van der Waals surface area contributed by atoms with Crippen molar-refractivity contribution >= 4 is 21.6 Å². The second-order valence-corrected chi connectivity index (χ2v) is 7.64. The van der Waals surface area contributed by atoms with Crippen molar-refractivity contribution in [3.63, 3.8) is 0 Å². The molecule has 2 rings (SSSR count). The first kappa shape index (κ1) is 19.7. The van der Waals surface area contributed by atoms with Crippen LogP contribution in [0, 0.1) is 0 Å². The van der Waals surface area contributed by atoms with Gasteiger partial charge in [0.2, 0.25) is 15.9 Å². The number of benzene rings is 2. The maximum absolute atomic E-state index is 12.3. The summed E-state index contributed by atoms with van der Waals surface area (Å²) in [5.74, 6) is 0.841. The van der Waals surface area contributed by atoms with Crippen molar-refractivity contribution in [2.75, 3.05) is 32.3 Å². The van der Waals surface area contributed by atoms with E-state index in [0.717, 1.165) is 16.1 Å². The number of ether oxygens (including phenoxy) is 2. The lowest BCUT2D eigenvalue weighted by molar-refractivity contribution is -0.116. The van der Waals surface area contributed by atoms with Gasteiger partial charge in [-0.2, -0.15) is 4.31 Å². The van der Waals surface area contributed by atoms with Crippen LogP contribution < -0.4 is 14.8 Å². The van der Waals surface area contributed by atoms with Gasteiger partial charge in [-0.1, -0.05) is 18.2 Å². The molecule has 0 aliphatic heterocycles. The van der Waals surface area contributed by atoms with Crippen molar-refractivity contribution in [2.24, 2.45) is 0 Å². The minimum absolute atomic E-state index is 0.0916. The van der Waals surface area contributed by atoms with Crippen LogP contribution in [0.4, 0.5) is 5.69 Å². The number of rotatable bonds is 8. The monoisotopic (exact) mass is 378 g/mol. The van der Waals surface area contributed by atoms with Gasteiger partial charge in [-0.25, -0.2) is 8.42 Å². The summed E-state index contributed by atoms with van der Waals surface area (Å²) >= 11 is 0. The topological polar surface area (TPSA) is 84.9 Å². The van der Waals surface area contributed by atoms with Crippen LogP contribution in [0.1, 0.15) is 5.56 Å². The van der Waals surface area contributed by atoms with E-state index in [-0.39, 0.29) is 13.1 Å². The van der Waals surface area contributed by atoms with Gasteiger partial charge >= 0.3 is 0 Å². The first-order valence-electron chi connectivity index (χ1n) is 7.84. The minimum Gasteiger partial charge on any atom is -0.497 e. The lowest BCUT2D eigenvalue weighted by atomic mass is 10.2. The molecule has 7 nitrogen and oxygen atoms in total. The normalized spacial score (nSPS) is 11.2. The van der Waals surface area contributed by atoms with Gasteiger partial charge in [0.25, 0.3) is 0 Å². The van der Waals surface area contributed by atoms with Crippen molar-refractivity contribution in [3.8, 4) is 11.5 Å². The second kappa shape index (κ2) is 8.68. The SMILES string of the molecule is COc1ccc(CN(CC(=O)Nc2cccc(OC)c2)S(C)(=O)=O)cc1. The number of sulfonamides is 1. The van der Waals surface area contributed by atoms with Gasteiger partial charge in [-0.05, 0) is 29.8 Å². The van der Waals surface area contributed by atoms with Crippen LogP contribution in [0.15, 0.2) is 48.5 Å². The Morgan fingerprint density at radius 1 is 1.04 bits per heavy atom. The Morgan fingerprint density at radius 2 is 1.69 bits per heavy atom. The van der Waals surface area contributed by atoms with E-state index >= 15 is 0 Å². The number of nitrogens with one attached hydrogen (secondary N) is 1. The van der Waals surface area contributed by atoms with Gasteiger partial charge in [0.05, 0.1) is 27.0 Å².